The standard InChI is InChI=1S/C18H17N3O6/c1-20(7-3-4-11-5-6-11)18(24)13(10-19)16(22)12-8-14(21(25)26)17(23)15(9-12)27-2/h8-9,11,22-23H,5-7H2,1-2H3/b16-13-. The lowest BCUT2D eigenvalue weighted by Crippen LogP contribution is -2.28. The monoisotopic (exact) mass is 371 g/mol. The number of hydrogen-bond donors (Lipinski definition) is 2. The predicted octanol–water partition coefficient (Wildman–Crippen LogP) is 1.97. The highest BCUT2D eigenvalue weighted by Gasteiger charge is 2.25. The van der Waals surface area contributed by atoms with E-state index in [1.165, 1.54) is 14.2 Å². The fourth-order valence-electron chi connectivity index (χ4n) is 2.17. The van der Waals surface area contributed by atoms with Crippen molar-refractivity contribution in [2.45, 2.75) is 12.8 Å². The Kier molecular flexibility index (Phi) is 5.89. The van der Waals surface area contributed by atoms with Gasteiger partial charge in [-0.2, -0.15) is 5.26 Å². The largest absolute Gasteiger partial charge is 0.506 e. The van der Waals surface area contributed by atoms with Gasteiger partial charge in [-0.3, -0.25) is 14.9 Å². The summed E-state index contributed by atoms with van der Waals surface area (Å²) >= 11 is 0. The zero-order valence-corrected chi connectivity index (χ0v) is 14.7. The van der Waals surface area contributed by atoms with Gasteiger partial charge in [-0.15, -0.1) is 0 Å². The Balaban J connectivity index is 2.39. The zero-order chi connectivity index (χ0) is 20.1. The molecule has 1 amide bonds. The Morgan fingerprint density at radius 2 is 2.15 bits per heavy atom. The number of nitro groups is 1. The third-order valence-electron chi connectivity index (χ3n) is 3.85. The highest BCUT2D eigenvalue weighted by molar-refractivity contribution is 6.03. The Bertz CT molecular complexity index is 915. The van der Waals surface area contributed by atoms with E-state index in [0.29, 0.717) is 5.92 Å². The minimum absolute atomic E-state index is 0.0762. The number of aromatic hydroxyl groups is 1. The van der Waals surface area contributed by atoms with Crippen molar-refractivity contribution in [3.8, 4) is 29.4 Å². The summed E-state index contributed by atoms with van der Waals surface area (Å²) in [7, 11) is 2.60. The number of amides is 1. The normalized spacial score (nSPS) is 13.5. The van der Waals surface area contributed by atoms with Gasteiger partial charge in [0.15, 0.2) is 11.3 Å². The molecule has 0 unspecified atom stereocenters. The molecule has 140 valence electrons. The van der Waals surface area contributed by atoms with Crippen LogP contribution in [0, 0.1) is 39.2 Å². The van der Waals surface area contributed by atoms with E-state index in [1.54, 1.807) is 6.07 Å². The first kappa shape index (κ1) is 19.6. The van der Waals surface area contributed by atoms with Crippen LogP contribution in [0.3, 0.4) is 0 Å². The summed E-state index contributed by atoms with van der Waals surface area (Å²) in [5.74, 6) is 3.63. The van der Waals surface area contributed by atoms with Crippen molar-refractivity contribution in [2.75, 3.05) is 20.7 Å². The maximum absolute atomic E-state index is 12.4. The van der Waals surface area contributed by atoms with E-state index >= 15 is 0 Å². The topological polar surface area (TPSA) is 137 Å². The number of rotatable bonds is 5. The number of aliphatic hydroxyl groups is 1. The van der Waals surface area contributed by atoms with E-state index in [9.17, 15) is 30.4 Å². The number of methoxy groups -OCH3 is 1. The number of nitrogens with zero attached hydrogens (tertiary/aromatic N) is 3. The van der Waals surface area contributed by atoms with Gasteiger partial charge >= 0.3 is 5.69 Å². The van der Waals surface area contributed by atoms with Gasteiger partial charge in [-0.25, -0.2) is 0 Å². The minimum atomic E-state index is -0.873. The molecule has 0 radical (unpaired) electrons. The van der Waals surface area contributed by atoms with Crippen LogP contribution in [-0.4, -0.2) is 46.6 Å². The number of benzene rings is 1. The number of hydrogen-bond acceptors (Lipinski definition) is 7. The van der Waals surface area contributed by atoms with Crippen LogP contribution >= 0.6 is 0 Å². The second-order valence-corrected chi connectivity index (χ2v) is 5.90. The van der Waals surface area contributed by atoms with Crippen molar-refractivity contribution in [3.05, 3.63) is 33.4 Å². The molecule has 1 aliphatic rings. The van der Waals surface area contributed by atoms with Gasteiger partial charge in [0.25, 0.3) is 5.91 Å². The van der Waals surface area contributed by atoms with Gasteiger partial charge in [0, 0.05) is 24.6 Å². The lowest BCUT2D eigenvalue weighted by molar-refractivity contribution is -0.386. The van der Waals surface area contributed by atoms with Crippen molar-refractivity contribution in [1.82, 2.24) is 4.90 Å². The van der Waals surface area contributed by atoms with E-state index in [-0.39, 0.29) is 17.9 Å². The molecule has 2 rings (SSSR count). The summed E-state index contributed by atoms with van der Waals surface area (Å²) in [5, 5.41) is 40.5. The van der Waals surface area contributed by atoms with Crippen molar-refractivity contribution in [1.29, 1.82) is 5.26 Å². The summed E-state index contributed by atoms with van der Waals surface area (Å²) in [4.78, 5) is 23.8. The maximum Gasteiger partial charge on any atom is 0.315 e. The highest BCUT2D eigenvalue weighted by Crippen LogP contribution is 2.38. The van der Waals surface area contributed by atoms with Crippen molar-refractivity contribution in [2.24, 2.45) is 5.92 Å². The van der Waals surface area contributed by atoms with Crippen LogP contribution in [0.25, 0.3) is 5.76 Å². The number of likely N-dealkylation sites (N-methyl/N-ethyl adjacent to an activating group) is 1. The molecule has 1 fully saturated rings. The van der Waals surface area contributed by atoms with Crippen LogP contribution in [0.4, 0.5) is 5.69 Å². The molecule has 0 bridgehead atoms. The molecule has 1 aliphatic carbocycles. The number of nitriles is 1. The van der Waals surface area contributed by atoms with Crippen LogP contribution in [0.1, 0.15) is 18.4 Å². The fraction of sp³-hybridized carbons (Fsp3) is 0.333. The van der Waals surface area contributed by atoms with Crippen LogP contribution in [-0.2, 0) is 4.79 Å². The Labute approximate surface area is 155 Å². The summed E-state index contributed by atoms with van der Waals surface area (Å²) in [6, 6.07) is 3.55. The molecule has 0 atom stereocenters. The number of phenols is 1. The van der Waals surface area contributed by atoms with E-state index < -0.39 is 33.6 Å². The first-order valence-electron chi connectivity index (χ1n) is 7.93. The van der Waals surface area contributed by atoms with Gasteiger partial charge in [0.05, 0.1) is 18.6 Å². The summed E-state index contributed by atoms with van der Waals surface area (Å²) in [5.41, 5.74) is -1.55. The van der Waals surface area contributed by atoms with Gasteiger partial charge in [0.2, 0.25) is 5.75 Å². The number of ether oxygens (including phenoxy) is 1. The molecule has 9 nitrogen and oxygen atoms in total. The first-order chi connectivity index (χ1) is 12.8. The summed E-state index contributed by atoms with van der Waals surface area (Å²) in [6.45, 7) is 0.0762. The van der Waals surface area contributed by atoms with Crippen LogP contribution in [0.5, 0.6) is 11.5 Å². The smallest absolute Gasteiger partial charge is 0.315 e. The van der Waals surface area contributed by atoms with Gasteiger partial charge < -0.3 is 19.8 Å². The second kappa shape index (κ2) is 8.11. The first-order valence-corrected chi connectivity index (χ1v) is 7.93. The predicted molar refractivity (Wildman–Crippen MR) is 94.6 cm³/mol. The molecular formula is C18H17N3O6. The summed E-state index contributed by atoms with van der Waals surface area (Å²) in [6.07, 6.45) is 2.08. The van der Waals surface area contributed by atoms with Crippen LogP contribution in [0.2, 0.25) is 0 Å². The van der Waals surface area contributed by atoms with E-state index in [4.69, 9.17) is 4.74 Å². The summed E-state index contributed by atoms with van der Waals surface area (Å²) < 4.78 is 4.84. The molecule has 1 aromatic carbocycles. The average Bonchev–Trinajstić information content (AvgIpc) is 3.46. The quantitative estimate of drug-likeness (QED) is 0.202. The lowest BCUT2D eigenvalue weighted by atomic mass is 10.1. The molecule has 0 aliphatic heterocycles. The molecule has 0 saturated heterocycles. The highest BCUT2D eigenvalue weighted by atomic mass is 16.6. The molecular weight excluding hydrogens is 354 g/mol. The number of carbonyl (C=O) groups excluding carboxylic acids is 1. The van der Waals surface area contributed by atoms with Crippen LogP contribution < -0.4 is 4.74 Å². The van der Waals surface area contributed by atoms with E-state index in [0.717, 1.165) is 29.9 Å². The lowest BCUT2D eigenvalue weighted by Gasteiger charge is -2.14. The Morgan fingerprint density at radius 1 is 1.48 bits per heavy atom. The molecule has 1 saturated carbocycles. The molecule has 9 heteroatoms. The number of carbonyl (C=O) groups is 1. The van der Waals surface area contributed by atoms with Crippen LogP contribution in [0.15, 0.2) is 17.7 Å². The molecule has 1 aromatic rings. The average molecular weight is 371 g/mol. The number of aliphatic hydroxyl groups excluding tert-OH is 1. The number of nitro benzene ring substituents is 1. The fourth-order valence-corrected chi connectivity index (χ4v) is 2.17. The molecule has 2 N–H and O–H groups in total. The van der Waals surface area contributed by atoms with Gasteiger partial charge in [0.1, 0.15) is 11.8 Å². The Morgan fingerprint density at radius 3 is 2.67 bits per heavy atom. The van der Waals surface area contributed by atoms with E-state index in [2.05, 4.69) is 11.8 Å². The molecule has 0 aromatic heterocycles. The Hall–Kier alpha value is -3.72. The minimum Gasteiger partial charge on any atom is -0.506 e. The van der Waals surface area contributed by atoms with Gasteiger partial charge in [-0.1, -0.05) is 11.8 Å². The maximum atomic E-state index is 12.4. The second-order valence-electron chi connectivity index (χ2n) is 5.90. The van der Waals surface area contributed by atoms with Gasteiger partial charge in [-0.05, 0) is 18.9 Å². The zero-order valence-electron chi connectivity index (χ0n) is 14.7. The number of phenolic OH excluding ortho intramolecular Hbond substituents is 1. The van der Waals surface area contributed by atoms with Crippen molar-refractivity contribution >= 4 is 17.4 Å². The third-order valence-corrected chi connectivity index (χ3v) is 3.85. The van der Waals surface area contributed by atoms with E-state index in [1.807, 2.05) is 0 Å². The van der Waals surface area contributed by atoms with Crippen molar-refractivity contribution in [3.63, 3.8) is 0 Å². The van der Waals surface area contributed by atoms with Crippen molar-refractivity contribution < 1.29 is 24.7 Å². The molecule has 27 heavy (non-hydrogen) atoms. The molecule has 0 spiro atoms. The third kappa shape index (κ3) is 4.47. The molecule has 0 heterocycles. The SMILES string of the molecule is COc1cc(/C(O)=C(\C#N)C(=O)N(C)CC#CC2CC2)cc([N+](=O)[O-])c1O.